The predicted octanol–water partition coefficient (Wildman–Crippen LogP) is 3.59. The first-order valence-corrected chi connectivity index (χ1v) is 6.47. The lowest BCUT2D eigenvalue weighted by Crippen LogP contribution is -2.17. The average Bonchev–Trinajstić information content (AvgIpc) is 2.14. The van der Waals surface area contributed by atoms with Crippen molar-refractivity contribution in [2.75, 3.05) is 19.4 Å². The third kappa shape index (κ3) is 5.73. The summed E-state index contributed by atoms with van der Waals surface area (Å²) in [5.41, 5.74) is 2.59. The van der Waals surface area contributed by atoms with Gasteiger partial charge in [-0.05, 0) is 51.1 Å². The summed E-state index contributed by atoms with van der Waals surface area (Å²) in [6, 6.07) is 9.23. The molecule has 0 bridgehead atoms. The second kappa shape index (κ2) is 6.65. The molecule has 0 aliphatic rings. The van der Waals surface area contributed by atoms with E-state index in [0.29, 0.717) is 6.04 Å². The van der Waals surface area contributed by atoms with Crippen LogP contribution in [0.5, 0.6) is 0 Å². The van der Waals surface area contributed by atoms with Crippen LogP contribution in [0.3, 0.4) is 0 Å². The Morgan fingerprint density at radius 3 is 2.47 bits per heavy atom. The molecule has 1 N–H and O–H groups in total. The molecular weight excluding hydrogens is 208 g/mol. The van der Waals surface area contributed by atoms with Gasteiger partial charge in [-0.1, -0.05) is 26.0 Å². The summed E-state index contributed by atoms with van der Waals surface area (Å²) in [5.74, 6) is 0.738. The maximum atomic E-state index is 3.57. The van der Waals surface area contributed by atoms with Crippen LogP contribution in [-0.4, -0.2) is 25.0 Å². The third-order valence-corrected chi connectivity index (χ3v) is 2.66. The highest BCUT2D eigenvalue weighted by atomic mass is 15.0. The van der Waals surface area contributed by atoms with Gasteiger partial charge in [-0.2, -0.15) is 0 Å². The Hall–Kier alpha value is -1.02. The van der Waals surface area contributed by atoms with Gasteiger partial charge in [-0.15, -0.1) is 0 Å². The van der Waals surface area contributed by atoms with Gasteiger partial charge >= 0.3 is 0 Å². The fourth-order valence-corrected chi connectivity index (χ4v) is 2.18. The summed E-state index contributed by atoms with van der Waals surface area (Å²) in [7, 11) is 4.20. The van der Waals surface area contributed by atoms with Crippen LogP contribution in [0.25, 0.3) is 0 Å². The molecule has 0 aromatic heterocycles. The molecule has 1 aromatic rings. The average molecular weight is 234 g/mol. The first kappa shape index (κ1) is 14.0. The smallest absolute Gasteiger partial charge is 0.0345 e. The van der Waals surface area contributed by atoms with Gasteiger partial charge in [0.15, 0.2) is 0 Å². The quantitative estimate of drug-likeness (QED) is 0.809. The summed E-state index contributed by atoms with van der Waals surface area (Å²) in [6.45, 7) is 7.77. The highest BCUT2D eigenvalue weighted by Gasteiger charge is 2.05. The molecule has 2 heteroatoms. The standard InChI is InChI=1S/C15H26N2/c1-12(2)9-13(3)16-15-8-6-7-14(10-15)11-17(4)5/h6-8,10,12-13,16H,9,11H2,1-5H3. The molecule has 0 saturated carbocycles. The molecule has 0 radical (unpaired) electrons. The van der Waals surface area contributed by atoms with Gasteiger partial charge in [0.2, 0.25) is 0 Å². The zero-order valence-electron chi connectivity index (χ0n) is 11.8. The van der Waals surface area contributed by atoms with Crippen LogP contribution in [0.1, 0.15) is 32.8 Å². The van der Waals surface area contributed by atoms with E-state index in [1.54, 1.807) is 0 Å². The van der Waals surface area contributed by atoms with Crippen LogP contribution >= 0.6 is 0 Å². The second-order valence-corrected chi connectivity index (χ2v) is 5.61. The Morgan fingerprint density at radius 2 is 1.88 bits per heavy atom. The van der Waals surface area contributed by atoms with E-state index in [0.717, 1.165) is 12.5 Å². The summed E-state index contributed by atoms with van der Waals surface area (Å²) < 4.78 is 0. The summed E-state index contributed by atoms with van der Waals surface area (Å²) >= 11 is 0. The van der Waals surface area contributed by atoms with Crippen LogP contribution in [0.2, 0.25) is 0 Å². The minimum absolute atomic E-state index is 0.532. The molecule has 0 aliphatic carbocycles. The zero-order chi connectivity index (χ0) is 12.8. The van der Waals surface area contributed by atoms with Gasteiger partial charge in [0.25, 0.3) is 0 Å². The van der Waals surface area contributed by atoms with Crippen molar-refractivity contribution >= 4 is 5.69 Å². The van der Waals surface area contributed by atoms with Crippen LogP contribution < -0.4 is 5.32 Å². The van der Waals surface area contributed by atoms with Gasteiger partial charge in [-0.25, -0.2) is 0 Å². The maximum Gasteiger partial charge on any atom is 0.0345 e. The van der Waals surface area contributed by atoms with Gasteiger partial charge in [0.1, 0.15) is 0 Å². The number of rotatable bonds is 6. The molecule has 0 heterocycles. The lowest BCUT2D eigenvalue weighted by molar-refractivity contribution is 0.402. The molecule has 17 heavy (non-hydrogen) atoms. The van der Waals surface area contributed by atoms with E-state index in [-0.39, 0.29) is 0 Å². The Bertz CT molecular complexity index is 331. The van der Waals surface area contributed by atoms with E-state index in [2.05, 4.69) is 69.3 Å². The minimum atomic E-state index is 0.532. The fraction of sp³-hybridized carbons (Fsp3) is 0.600. The van der Waals surface area contributed by atoms with E-state index in [4.69, 9.17) is 0 Å². The lowest BCUT2D eigenvalue weighted by Gasteiger charge is -2.18. The van der Waals surface area contributed by atoms with E-state index < -0.39 is 0 Å². The van der Waals surface area contributed by atoms with E-state index in [1.807, 2.05) is 0 Å². The molecule has 96 valence electrons. The van der Waals surface area contributed by atoms with Crippen LogP contribution in [0.4, 0.5) is 5.69 Å². The number of benzene rings is 1. The number of nitrogens with zero attached hydrogens (tertiary/aromatic N) is 1. The van der Waals surface area contributed by atoms with Crippen molar-refractivity contribution in [1.29, 1.82) is 0 Å². The topological polar surface area (TPSA) is 15.3 Å². The monoisotopic (exact) mass is 234 g/mol. The molecule has 0 saturated heterocycles. The normalized spacial score (nSPS) is 13.1. The van der Waals surface area contributed by atoms with Gasteiger partial charge in [-0.3, -0.25) is 0 Å². The molecule has 0 aliphatic heterocycles. The second-order valence-electron chi connectivity index (χ2n) is 5.61. The Morgan fingerprint density at radius 1 is 1.18 bits per heavy atom. The van der Waals surface area contributed by atoms with Crippen molar-refractivity contribution in [2.45, 2.75) is 39.8 Å². The number of anilines is 1. The molecule has 0 fully saturated rings. The summed E-state index contributed by atoms with van der Waals surface area (Å²) in [5, 5.41) is 3.57. The van der Waals surface area contributed by atoms with Crippen molar-refractivity contribution in [3.63, 3.8) is 0 Å². The third-order valence-electron chi connectivity index (χ3n) is 2.66. The van der Waals surface area contributed by atoms with Crippen LogP contribution in [0, 0.1) is 5.92 Å². The highest BCUT2D eigenvalue weighted by Crippen LogP contribution is 2.15. The van der Waals surface area contributed by atoms with Crippen molar-refractivity contribution in [3.8, 4) is 0 Å². The van der Waals surface area contributed by atoms with Crippen molar-refractivity contribution in [2.24, 2.45) is 5.92 Å². The number of hydrogen-bond donors (Lipinski definition) is 1. The van der Waals surface area contributed by atoms with E-state index >= 15 is 0 Å². The lowest BCUT2D eigenvalue weighted by atomic mass is 10.0. The Kier molecular flexibility index (Phi) is 5.49. The molecule has 1 atom stereocenters. The Balaban J connectivity index is 2.59. The van der Waals surface area contributed by atoms with Gasteiger partial charge < -0.3 is 10.2 Å². The van der Waals surface area contributed by atoms with E-state index in [9.17, 15) is 0 Å². The molecular formula is C15H26N2. The van der Waals surface area contributed by atoms with Crippen molar-refractivity contribution < 1.29 is 0 Å². The molecule has 1 unspecified atom stereocenters. The molecule has 2 nitrogen and oxygen atoms in total. The Labute approximate surface area is 106 Å². The highest BCUT2D eigenvalue weighted by molar-refractivity contribution is 5.46. The summed E-state index contributed by atoms with van der Waals surface area (Å²) in [4.78, 5) is 2.19. The molecule has 1 aromatic carbocycles. The first-order valence-electron chi connectivity index (χ1n) is 6.47. The molecule has 0 spiro atoms. The van der Waals surface area contributed by atoms with Crippen LogP contribution in [0.15, 0.2) is 24.3 Å². The minimum Gasteiger partial charge on any atom is -0.383 e. The first-order chi connectivity index (χ1) is 7.97. The number of nitrogens with one attached hydrogen (secondary N) is 1. The zero-order valence-corrected chi connectivity index (χ0v) is 11.8. The molecule has 0 amide bonds. The molecule has 1 rings (SSSR count). The number of hydrogen-bond acceptors (Lipinski definition) is 2. The maximum absolute atomic E-state index is 3.57. The van der Waals surface area contributed by atoms with Gasteiger partial charge in [0, 0.05) is 18.3 Å². The van der Waals surface area contributed by atoms with Crippen molar-refractivity contribution in [1.82, 2.24) is 4.90 Å². The van der Waals surface area contributed by atoms with Gasteiger partial charge in [0.05, 0.1) is 0 Å². The predicted molar refractivity (Wildman–Crippen MR) is 76.4 cm³/mol. The summed E-state index contributed by atoms with van der Waals surface area (Å²) in [6.07, 6.45) is 1.21. The van der Waals surface area contributed by atoms with E-state index in [1.165, 1.54) is 17.7 Å². The van der Waals surface area contributed by atoms with Crippen molar-refractivity contribution in [3.05, 3.63) is 29.8 Å². The fourth-order valence-electron chi connectivity index (χ4n) is 2.18. The largest absolute Gasteiger partial charge is 0.383 e. The van der Waals surface area contributed by atoms with Crippen LogP contribution in [-0.2, 0) is 6.54 Å². The SMILES string of the molecule is CC(C)CC(C)Nc1cccc(CN(C)C)c1.